The third kappa shape index (κ3) is 4.69. The molecule has 0 radical (unpaired) electrons. The first-order valence-electron chi connectivity index (χ1n) is 9.83. The molecule has 2 aromatic rings. The van der Waals surface area contributed by atoms with Crippen LogP contribution in [0.15, 0.2) is 59.8 Å². The van der Waals surface area contributed by atoms with Gasteiger partial charge in [-0.15, -0.1) is 0 Å². The number of methoxy groups -OCH3 is 1. The molecule has 3 amide bonds. The van der Waals surface area contributed by atoms with E-state index in [4.69, 9.17) is 9.47 Å². The number of carbonyl (C=O) groups excluding carboxylic acids is 3. The SMILES string of the molecule is CCOC(=O)C1=C(C)N(C)C(=O)N[C@@H]1c1cccc(NC(=O)c2cccc(OC)c2)c1. The molecule has 0 aromatic heterocycles. The Morgan fingerprint density at radius 3 is 2.61 bits per heavy atom. The summed E-state index contributed by atoms with van der Waals surface area (Å²) in [5.74, 6) is -0.224. The average Bonchev–Trinajstić information content (AvgIpc) is 2.77. The summed E-state index contributed by atoms with van der Waals surface area (Å²) in [5.41, 5.74) is 2.48. The van der Waals surface area contributed by atoms with Gasteiger partial charge in [0.05, 0.1) is 25.3 Å². The van der Waals surface area contributed by atoms with Crippen LogP contribution < -0.4 is 15.4 Å². The zero-order chi connectivity index (χ0) is 22.5. The Bertz CT molecular complexity index is 1050. The third-order valence-electron chi connectivity index (χ3n) is 5.06. The molecule has 2 aromatic carbocycles. The number of carbonyl (C=O) groups is 3. The topological polar surface area (TPSA) is 97.0 Å². The van der Waals surface area contributed by atoms with Crippen LogP contribution in [-0.4, -0.2) is 43.6 Å². The number of ether oxygens (including phenoxy) is 2. The van der Waals surface area contributed by atoms with Gasteiger partial charge >= 0.3 is 12.0 Å². The Balaban J connectivity index is 1.91. The summed E-state index contributed by atoms with van der Waals surface area (Å²) >= 11 is 0. The second kappa shape index (κ2) is 9.34. The van der Waals surface area contributed by atoms with E-state index in [0.29, 0.717) is 33.8 Å². The molecular weight excluding hydrogens is 398 g/mol. The van der Waals surface area contributed by atoms with E-state index >= 15 is 0 Å². The van der Waals surface area contributed by atoms with Crippen molar-refractivity contribution in [3.05, 3.63) is 70.9 Å². The molecule has 1 aliphatic heterocycles. The number of allylic oxidation sites excluding steroid dienone is 1. The minimum absolute atomic E-state index is 0.219. The average molecular weight is 423 g/mol. The molecule has 8 nitrogen and oxygen atoms in total. The van der Waals surface area contributed by atoms with Crippen LogP contribution in [0.1, 0.15) is 35.8 Å². The molecule has 0 bridgehead atoms. The van der Waals surface area contributed by atoms with Gasteiger partial charge in [0.25, 0.3) is 5.91 Å². The van der Waals surface area contributed by atoms with Crippen molar-refractivity contribution in [3.8, 4) is 5.75 Å². The van der Waals surface area contributed by atoms with Crippen molar-refractivity contribution in [1.82, 2.24) is 10.2 Å². The number of amides is 3. The molecule has 1 aliphatic rings. The Labute approximate surface area is 180 Å². The highest BCUT2D eigenvalue weighted by Crippen LogP contribution is 2.32. The number of nitrogens with one attached hydrogen (secondary N) is 2. The lowest BCUT2D eigenvalue weighted by atomic mass is 9.94. The molecular formula is C23H25N3O5. The Hall–Kier alpha value is -3.81. The predicted molar refractivity (Wildman–Crippen MR) is 116 cm³/mol. The summed E-state index contributed by atoms with van der Waals surface area (Å²) in [6, 6.07) is 12.8. The van der Waals surface area contributed by atoms with E-state index in [1.807, 2.05) is 0 Å². The van der Waals surface area contributed by atoms with Gasteiger partial charge in [0, 0.05) is 24.0 Å². The fraction of sp³-hybridized carbons (Fsp3) is 0.261. The zero-order valence-electron chi connectivity index (χ0n) is 17.9. The summed E-state index contributed by atoms with van der Waals surface area (Å²) in [4.78, 5) is 39.0. The number of benzene rings is 2. The number of hydrogen-bond donors (Lipinski definition) is 2. The maximum absolute atomic E-state index is 12.6. The lowest BCUT2D eigenvalue weighted by Gasteiger charge is -2.33. The highest BCUT2D eigenvalue weighted by Gasteiger charge is 2.35. The number of esters is 1. The molecule has 0 saturated heterocycles. The van der Waals surface area contributed by atoms with Crippen LogP contribution in [0, 0.1) is 0 Å². The van der Waals surface area contributed by atoms with Crippen LogP contribution in [0.4, 0.5) is 10.5 Å². The van der Waals surface area contributed by atoms with Crippen molar-refractivity contribution in [2.24, 2.45) is 0 Å². The molecule has 2 N–H and O–H groups in total. The second-order valence-electron chi connectivity index (χ2n) is 6.97. The molecule has 3 rings (SSSR count). The van der Waals surface area contributed by atoms with E-state index in [1.54, 1.807) is 69.4 Å². The van der Waals surface area contributed by atoms with Crippen LogP contribution in [0.25, 0.3) is 0 Å². The minimum Gasteiger partial charge on any atom is -0.497 e. The monoisotopic (exact) mass is 423 g/mol. The first kappa shape index (κ1) is 21.9. The van der Waals surface area contributed by atoms with Gasteiger partial charge in [-0.2, -0.15) is 0 Å². The van der Waals surface area contributed by atoms with Crippen molar-refractivity contribution in [3.63, 3.8) is 0 Å². The standard InChI is InChI=1S/C23H25N3O5/c1-5-31-22(28)19-14(2)26(3)23(29)25-20(19)15-8-6-10-17(12-15)24-21(27)16-9-7-11-18(13-16)30-4/h6-13,20H,5H2,1-4H3,(H,24,27)(H,25,29)/t20-/m1/s1. The number of hydrogen-bond acceptors (Lipinski definition) is 5. The summed E-state index contributed by atoms with van der Waals surface area (Å²) in [5, 5.41) is 5.67. The molecule has 0 spiro atoms. The van der Waals surface area contributed by atoms with Crippen LogP contribution in [0.3, 0.4) is 0 Å². The van der Waals surface area contributed by atoms with Crippen molar-refractivity contribution in [1.29, 1.82) is 0 Å². The Morgan fingerprint density at radius 2 is 1.90 bits per heavy atom. The van der Waals surface area contributed by atoms with Gasteiger partial charge in [-0.05, 0) is 49.7 Å². The third-order valence-corrected chi connectivity index (χ3v) is 5.06. The van der Waals surface area contributed by atoms with Gasteiger partial charge in [0.15, 0.2) is 0 Å². The van der Waals surface area contributed by atoms with Crippen molar-refractivity contribution >= 4 is 23.6 Å². The van der Waals surface area contributed by atoms with Gasteiger partial charge < -0.3 is 25.0 Å². The number of nitrogens with zero attached hydrogens (tertiary/aromatic N) is 1. The first-order chi connectivity index (χ1) is 14.8. The second-order valence-corrected chi connectivity index (χ2v) is 6.97. The molecule has 8 heteroatoms. The van der Waals surface area contributed by atoms with E-state index < -0.39 is 12.0 Å². The maximum Gasteiger partial charge on any atom is 0.338 e. The van der Waals surface area contributed by atoms with E-state index in [1.165, 1.54) is 12.0 Å². The molecule has 0 unspecified atom stereocenters. The lowest BCUT2D eigenvalue weighted by Crippen LogP contribution is -2.46. The van der Waals surface area contributed by atoms with Gasteiger partial charge in [-0.25, -0.2) is 9.59 Å². The van der Waals surface area contributed by atoms with Crippen LogP contribution in [0.2, 0.25) is 0 Å². The highest BCUT2D eigenvalue weighted by atomic mass is 16.5. The largest absolute Gasteiger partial charge is 0.497 e. The smallest absolute Gasteiger partial charge is 0.338 e. The van der Waals surface area contributed by atoms with Gasteiger partial charge in [-0.3, -0.25) is 4.79 Å². The molecule has 1 heterocycles. The van der Waals surface area contributed by atoms with E-state index in [0.717, 1.165) is 0 Å². The molecule has 0 aliphatic carbocycles. The fourth-order valence-electron chi connectivity index (χ4n) is 3.32. The highest BCUT2D eigenvalue weighted by molar-refractivity contribution is 6.04. The predicted octanol–water partition coefficient (Wildman–Crippen LogP) is 3.48. The van der Waals surface area contributed by atoms with Gasteiger partial charge in [-0.1, -0.05) is 18.2 Å². The Kier molecular flexibility index (Phi) is 6.59. The molecule has 0 saturated carbocycles. The van der Waals surface area contributed by atoms with E-state index in [9.17, 15) is 14.4 Å². The first-order valence-corrected chi connectivity index (χ1v) is 9.83. The fourth-order valence-corrected chi connectivity index (χ4v) is 3.32. The van der Waals surface area contributed by atoms with E-state index in [-0.39, 0.29) is 18.5 Å². The van der Waals surface area contributed by atoms with Gasteiger partial charge in [0.1, 0.15) is 5.75 Å². The minimum atomic E-state index is -0.698. The number of urea groups is 1. The number of anilines is 1. The summed E-state index contributed by atoms with van der Waals surface area (Å²) in [7, 11) is 3.12. The van der Waals surface area contributed by atoms with Crippen LogP contribution in [-0.2, 0) is 9.53 Å². The van der Waals surface area contributed by atoms with Crippen molar-refractivity contribution in [2.75, 3.05) is 26.1 Å². The maximum atomic E-state index is 12.6. The number of rotatable bonds is 6. The van der Waals surface area contributed by atoms with Crippen LogP contribution >= 0.6 is 0 Å². The molecule has 31 heavy (non-hydrogen) atoms. The molecule has 0 fully saturated rings. The normalized spacial score (nSPS) is 15.9. The summed E-state index contributed by atoms with van der Waals surface area (Å²) in [6.07, 6.45) is 0. The molecule has 1 atom stereocenters. The summed E-state index contributed by atoms with van der Waals surface area (Å²) < 4.78 is 10.4. The molecule has 162 valence electrons. The van der Waals surface area contributed by atoms with Crippen molar-refractivity contribution < 1.29 is 23.9 Å². The van der Waals surface area contributed by atoms with Gasteiger partial charge in [0.2, 0.25) is 0 Å². The van der Waals surface area contributed by atoms with Crippen molar-refractivity contribution in [2.45, 2.75) is 19.9 Å². The zero-order valence-corrected chi connectivity index (χ0v) is 17.9. The quantitative estimate of drug-likeness (QED) is 0.694. The Morgan fingerprint density at radius 1 is 1.16 bits per heavy atom. The van der Waals surface area contributed by atoms with E-state index in [2.05, 4.69) is 10.6 Å². The summed E-state index contributed by atoms with van der Waals surface area (Å²) in [6.45, 7) is 3.64. The van der Waals surface area contributed by atoms with Crippen LogP contribution in [0.5, 0.6) is 5.75 Å². The lowest BCUT2D eigenvalue weighted by molar-refractivity contribution is -0.139.